The molecule has 1 fully saturated rings. The molecule has 22 heavy (non-hydrogen) atoms. The van der Waals surface area contributed by atoms with Gasteiger partial charge in [-0.25, -0.2) is 4.79 Å². The van der Waals surface area contributed by atoms with Crippen molar-refractivity contribution in [3.05, 3.63) is 28.2 Å². The van der Waals surface area contributed by atoms with Crippen LogP contribution in [0.3, 0.4) is 0 Å². The van der Waals surface area contributed by atoms with Crippen molar-refractivity contribution in [2.45, 2.75) is 13.0 Å². The van der Waals surface area contributed by atoms with Gasteiger partial charge in [-0.15, -0.1) is 0 Å². The number of hydrogen-bond acceptors (Lipinski definition) is 4. The van der Waals surface area contributed by atoms with Crippen LogP contribution in [0.4, 0.5) is 10.5 Å². The molecular formula is C14H16Cl2N2O4. The largest absolute Gasteiger partial charge is 0.442 e. The molecule has 0 spiro atoms. The molecular weight excluding hydrogens is 331 g/mol. The SMILES string of the molecule is CCOCC(=O)NC[C@H]1CN(c2ccc(Cl)c(Cl)c2)C(=O)O1. The van der Waals surface area contributed by atoms with E-state index in [1.54, 1.807) is 25.1 Å². The van der Waals surface area contributed by atoms with E-state index >= 15 is 0 Å². The van der Waals surface area contributed by atoms with Crippen molar-refractivity contribution in [3.8, 4) is 0 Å². The Morgan fingerprint density at radius 1 is 1.45 bits per heavy atom. The van der Waals surface area contributed by atoms with Gasteiger partial charge in [-0.3, -0.25) is 9.69 Å². The lowest BCUT2D eigenvalue weighted by Crippen LogP contribution is -2.36. The van der Waals surface area contributed by atoms with Gasteiger partial charge < -0.3 is 14.8 Å². The maximum Gasteiger partial charge on any atom is 0.414 e. The Morgan fingerprint density at radius 2 is 2.23 bits per heavy atom. The first-order chi connectivity index (χ1) is 10.5. The number of nitrogens with zero attached hydrogens (tertiary/aromatic N) is 1. The van der Waals surface area contributed by atoms with Crippen LogP contribution in [-0.4, -0.2) is 44.4 Å². The molecule has 2 amide bonds. The van der Waals surface area contributed by atoms with Gasteiger partial charge in [0.25, 0.3) is 0 Å². The Labute approximate surface area is 138 Å². The first kappa shape index (κ1) is 16.9. The second-order valence-electron chi connectivity index (χ2n) is 4.66. The highest BCUT2D eigenvalue weighted by Gasteiger charge is 2.32. The van der Waals surface area contributed by atoms with Gasteiger partial charge in [0.2, 0.25) is 5.91 Å². The number of nitrogens with one attached hydrogen (secondary N) is 1. The maximum atomic E-state index is 11.9. The number of halogens is 2. The summed E-state index contributed by atoms with van der Waals surface area (Å²) < 4.78 is 10.2. The van der Waals surface area contributed by atoms with E-state index in [0.717, 1.165) is 0 Å². The van der Waals surface area contributed by atoms with Crippen LogP contribution in [0.1, 0.15) is 6.92 Å². The van der Waals surface area contributed by atoms with E-state index in [-0.39, 0.29) is 19.1 Å². The van der Waals surface area contributed by atoms with Crippen molar-refractivity contribution in [1.29, 1.82) is 0 Å². The van der Waals surface area contributed by atoms with Gasteiger partial charge in [-0.05, 0) is 25.1 Å². The molecule has 1 atom stereocenters. The van der Waals surface area contributed by atoms with Gasteiger partial charge >= 0.3 is 6.09 Å². The fourth-order valence-corrected chi connectivity index (χ4v) is 2.26. The third kappa shape index (κ3) is 4.25. The molecule has 0 unspecified atom stereocenters. The van der Waals surface area contributed by atoms with Crippen LogP contribution in [0, 0.1) is 0 Å². The average molecular weight is 347 g/mol. The van der Waals surface area contributed by atoms with E-state index in [9.17, 15) is 9.59 Å². The summed E-state index contributed by atoms with van der Waals surface area (Å²) >= 11 is 11.8. The Kier molecular flexibility index (Phi) is 5.88. The Hall–Kier alpha value is -1.50. The van der Waals surface area contributed by atoms with Crippen LogP contribution in [0.25, 0.3) is 0 Å². The standard InChI is InChI=1S/C14H16Cl2N2O4/c1-2-21-8-13(19)17-6-10-7-18(14(20)22-10)9-3-4-11(15)12(16)5-9/h3-5,10H,2,6-8H2,1H3,(H,17,19)/t10-/m0/s1. The summed E-state index contributed by atoms with van der Waals surface area (Å²) in [6, 6.07) is 4.90. The monoisotopic (exact) mass is 346 g/mol. The quantitative estimate of drug-likeness (QED) is 0.859. The van der Waals surface area contributed by atoms with Crippen LogP contribution in [0.2, 0.25) is 10.0 Å². The van der Waals surface area contributed by atoms with Gasteiger partial charge in [0, 0.05) is 12.3 Å². The van der Waals surface area contributed by atoms with E-state index < -0.39 is 12.2 Å². The highest BCUT2D eigenvalue weighted by Crippen LogP contribution is 2.29. The van der Waals surface area contributed by atoms with Crippen LogP contribution in [0.15, 0.2) is 18.2 Å². The van der Waals surface area contributed by atoms with Gasteiger partial charge in [0.1, 0.15) is 12.7 Å². The lowest BCUT2D eigenvalue weighted by atomic mass is 10.2. The van der Waals surface area contributed by atoms with Gasteiger partial charge in [-0.1, -0.05) is 23.2 Å². The number of amides is 2. The van der Waals surface area contributed by atoms with Crippen LogP contribution < -0.4 is 10.2 Å². The number of carbonyl (C=O) groups is 2. The minimum atomic E-state index is -0.484. The molecule has 1 N–H and O–H groups in total. The molecule has 0 saturated carbocycles. The molecule has 1 aliphatic rings. The summed E-state index contributed by atoms with van der Waals surface area (Å²) in [7, 11) is 0. The Balaban J connectivity index is 1.90. The molecule has 1 saturated heterocycles. The number of benzene rings is 1. The number of hydrogen-bond donors (Lipinski definition) is 1. The van der Waals surface area contributed by atoms with Crippen molar-refractivity contribution < 1.29 is 19.1 Å². The third-order valence-corrected chi connectivity index (χ3v) is 3.79. The highest BCUT2D eigenvalue weighted by atomic mass is 35.5. The van der Waals surface area contributed by atoms with Crippen LogP contribution in [-0.2, 0) is 14.3 Å². The Morgan fingerprint density at radius 3 is 2.91 bits per heavy atom. The Bertz CT molecular complexity index is 568. The summed E-state index contributed by atoms with van der Waals surface area (Å²) in [5.41, 5.74) is 0.600. The minimum Gasteiger partial charge on any atom is -0.442 e. The second kappa shape index (κ2) is 7.67. The van der Waals surface area contributed by atoms with Crippen LogP contribution in [0.5, 0.6) is 0 Å². The predicted octanol–water partition coefficient (Wildman–Crippen LogP) is 2.47. The van der Waals surface area contributed by atoms with Crippen molar-refractivity contribution in [3.63, 3.8) is 0 Å². The van der Waals surface area contributed by atoms with E-state index in [4.69, 9.17) is 32.7 Å². The molecule has 1 aromatic rings. The van der Waals surface area contributed by atoms with Crippen molar-refractivity contribution in [1.82, 2.24) is 5.32 Å². The third-order valence-electron chi connectivity index (χ3n) is 3.05. The number of rotatable bonds is 6. The van der Waals surface area contributed by atoms with E-state index in [0.29, 0.717) is 28.9 Å². The molecule has 2 rings (SSSR count). The molecule has 1 aromatic carbocycles. The molecule has 6 nitrogen and oxygen atoms in total. The average Bonchev–Trinajstić information content (AvgIpc) is 2.87. The molecule has 0 aliphatic carbocycles. The number of cyclic esters (lactones) is 1. The highest BCUT2D eigenvalue weighted by molar-refractivity contribution is 6.42. The van der Waals surface area contributed by atoms with Crippen molar-refractivity contribution in [2.75, 3.05) is 31.2 Å². The maximum absolute atomic E-state index is 11.9. The molecule has 8 heteroatoms. The van der Waals surface area contributed by atoms with Gasteiger partial charge in [0.15, 0.2) is 0 Å². The molecule has 1 aliphatic heterocycles. The second-order valence-corrected chi connectivity index (χ2v) is 5.47. The smallest absolute Gasteiger partial charge is 0.414 e. The molecule has 0 aromatic heterocycles. The summed E-state index contributed by atoms with van der Waals surface area (Å²) in [6.07, 6.45) is -0.907. The molecule has 0 radical (unpaired) electrons. The first-order valence-corrected chi connectivity index (χ1v) is 7.54. The summed E-state index contributed by atoms with van der Waals surface area (Å²) in [5.74, 6) is -0.245. The molecule has 1 heterocycles. The van der Waals surface area contributed by atoms with E-state index in [1.165, 1.54) is 4.90 Å². The summed E-state index contributed by atoms with van der Waals surface area (Å²) in [6.45, 7) is 2.83. The van der Waals surface area contributed by atoms with Crippen molar-refractivity contribution in [2.24, 2.45) is 0 Å². The lowest BCUT2D eigenvalue weighted by molar-refractivity contribution is -0.125. The zero-order chi connectivity index (χ0) is 16.1. The van der Waals surface area contributed by atoms with E-state index in [2.05, 4.69) is 5.32 Å². The lowest BCUT2D eigenvalue weighted by Gasteiger charge is -2.13. The van der Waals surface area contributed by atoms with Crippen molar-refractivity contribution >= 4 is 40.9 Å². The zero-order valence-electron chi connectivity index (χ0n) is 12.0. The summed E-state index contributed by atoms with van der Waals surface area (Å²) in [5, 5.41) is 3.43. The first-order valence-electron chi connectivity index (χ1n) is 6.79. The fourth-order valence-electron chi connectivity index (χ4n) is 1.97. The number of anilines is 1. The van der Waals surface area contributed by atoms with Gasteiger partial charge in [0.05, 0.1) is 23.1 Å². The van der Waals surface area contributed by atoms with Gasteiger partial charge in [-0.2, -0.15) is 0 Å². The normalized spacial score (nSPS) is 17.5. The van der Waals surface area contributed by atoms with E-state index in [1.807, 2.05) is 0 Å². The minimum absolute atomic E-state index is 0.00628. The predicted molar refractivity (Wildman–Crippen MR) is 83.6 cm³/mol. The van der Waals surface area contributed by atoms with Crippen LogP contribution >= 0.6 is 23.2 Å². The molecule has 0 bridgehead atoms. The fraction of sp³-hybridized carbons (Fsp3) is 0.429. The zero-order valence-corrected chi connectivity index (χ0v) is 13.5. The number of ether oxygens (including phenoxy) is 2. The molecule has 120 valence electrons. The summed E-state index contributed by atoms with van der Waals surface area (Å²) in [4.78, 5) is 24.8. The number of carbonyl (C=O) groups excluding carboxylic acids is 2. The topological polar surface area (TPSA) is 67.9 Å².